The number of hydrogen-bond acceptors (Lipinski definition) is 4. The lowest BCUT2D eigenvalue weighted by Gasteiger charge is -2.09. The second kappa shape index (κ2) is 7.36. The highest BCUT2D eigenvalue weighted by atomic mass is 32.1. The van der Waals surface area contributed by atoms with Crippen molar-refractivity contribution in [1.82, 2.24) is 10.3 Å². The molecule has 3 rings (SSSR count). The van der Waals surface area contributed by atoms with Crippen LogP contribution in [0.4, 0.5) is 9.93 Å². The van der Waals surface area contributed by atoms with E-state index in [1.807, 2.05) is 61.7 Å². The highest BCUT2D eigenvalue weighted by Gasteiger charge is 2.09. The largest absolute Gasteiger partial charge is 0.507 e. The van der Waals surface area contributed by atoms with E-state index in [4.69, 9.17) is 0 Å². The molecule has 2 amide bonds. The van der Waals surface area contributed by atoms with E-state index in [0.717, 1.165) is 27.9 Å². The van der Waals surface area contributed by atoms with Crippen molar-refractivity contribution in [2.24, 2.45) is 0 Å². The number of benzene rings is 2. The van der Waals surface area contributed by atoms with Crippen molar-refractivity contribution >= 4 is 22.5 Å². The van der Waals surface area contributed by atoms with Gasteiger partial charge < -0.3 is 10.4 Å². The maximum absolute atomic E-state index is 12.1. The average Bonchev–Trinajstić information content (AvgIpc) is 3.07. The maximum atomic E-state index is 12.1. The van der Waals surface area contributed by atoms with E-state index < -0.39 is 0 Å². The average molecular weight is 353 g/mol. The summed E-state index contributed by atoms with van der Waals surface area (Å²) in [4.78, 5) is 16.5. The molecular weight excluding hydrogens is 334 g/mol. The lowest BCUT2D eigenvalue weighted by Crippen LogP contribution is -2.28. The van der Waals surface area contributed by atoms with Gasteiger partial charge in [-0.05, 0) is 30.5 Å². The smallest absolute Gasteiger partial charge is 0.321 e. The first-order valence-electron chi connectivity index (χ1n) is 7.88. The lowest BCUT2D eigenvalue weighted by molar-refractivity contribution is 0.251. The minimum atomic E-state index is -0.308. The van der Waals surface area contributed by atoms with Gasteiger partial charge >= 0.3 is 6.03 Å². The molecule has 2 aromatic carbocycles. The van der Waals surface area contributed by atoms with Gasteiger partial charge in [-0.1, -0.05) is 42.5 Å². The molecule has 0 radical (unpaired) electrons. The van der Waals surface area contributed by atoms with Gasteiger partial charge in [-0.25, -0.2) is 9.78 Å². The highest BCUT2D eigenvalue weighted by Crippen LogP contribution is 2.25. The van der Waals surface area contributed by atoms with Gasteiger partial charge in [0.05, 0.1) is 5.69 Å². The molecule has 3 N–H and O–H groups in total. The Morgan fingerprint density at radius 2 is 1.84 bits per heavy atom. The van der Waals surface area contributed by atoms with Crippen LogP contribution in [0, 0.1) is 13.8 Å². The molecule has 0 aliphatic carbocycles. The van der Waals surface area contributed by atoms with Crippen LogP contribution in [0.25, 0.3) is 11.3 Å². The van der Waals surface area contributed by atoms with Gasteiger partial charge in [-0.15, -0.1) is 11.3 Å². The van der Waals surface area contributed by atoms with Gasteiger partial charge in [0.1, 0.15) is 5.75 Å². The van der Waals surface area contributed by atoms with Crippen LogP contribution in [0.2, 0.25) is 0 Å². The van der Waals surface area contributed by atoms with Crippen molar-refractivity contribution in [3.63, 3.8) is 0 Å². The minimum absolute atomic E-state index is 0.296. The summed E-state index contributed by atoms with van der Waals surface area (Å²) < 4.78 is 0. The molecular formula is C19H19N3O2S. The molecule has 5 nitrogen and oxygen atoms in total. The molecule has 0 fully saturated rings. The number of phenolic OH excluding ortho intramolecular Hbond substituents is 1. The molecule has 3 aromatic rings. The topological polar surface area (TPSA) is 74.2 Å². The van der Waals surface area contributed by atoms with E-state index in [9.17, 15) is 9.90 Å². The third kappa shape index (κ3) is 4.16. The van der Waals surface area contributed by atoms with E-state index in [0.29, 0.717) is 17.4 Å². The quantitative estimate of drug-likeness (QED) is 0.648. The van der Waals surface area contributed by atoms with Crippen molar-refractivity contribution in [2.45, 2.75) is 20.4 Å². The fraction of sp³-hybridized carbons (Fsp3) is 0.158. The maximum Gasteiger partial charge on any atom is 0.321 e. The molecule has 0 bridgehead atoms. The number of nitrogens with one attached hydrogen (secondary N) is 2. The summed E-state index contributed by atoms with van der Waals surface area (Å²) in [6.45, 7) is 4.06. The van der Waals surface area contributed by atoms with E-state index in [1.54, 1.807) is 0 Å². The number of hydrogen-bond donors (Lipinski definition) is 3. The van der Waals surface area contributed by atoms with Crippen molar-refractivity contribution in [1.29, 1.82) is 0 Å². The second-order valence-electron chi connectivity index (χ2n) is 5.79. The van der Waals surface area contributed by atoms with Crippen LogP contribution >= 0.6 is 11.3 Å². The van der Waals surface area contributed by atoms with Crippen LogP contribution in [0.3, 0.4) is 0 Å². The Labute approximate surface area is 150 Å². The molecule has 1 heterocycles. The van der Waals surface area contributed by atoms with E-state index in [-0.39, 0.29) is 6.03 Å². The van der Waals surface area contributed by atoms with Gasteiger partial charge in [0, 0.05) is 17.5 Å². The number of aryl methyl sites for hydroxylation is 2. The van der Waals surface area contributed by atoms with Gasteiger partial charge in [0.15, 0.2) is 5.13 Å². The van der Waals surface area contributed by atoms with Crippen LogP contribution in [-0.4, -0.2) is 16.1 Å². The van der Waals surface area contributed by atoms with E-state index in [2.05, 4.69) is 15.6 Å². The van der Waals surface area contributed by atoms with Gasteiger partial charge in [-0.3, -0.25) is 5.32 Å². The van der Waals surface area contributed by atoms with Crippen LogP contribution in [-0.2, 0) is 6.54 Å². The molecule has 25 heavy (non-hydrogen) atoms. The molecule has 6 heteroatoms. The summed E-state index contributed by atoms with van der Waals surface area (Å²) >= 11 is 1.39. The summed E-state index contributed by atoms with van der Waals surface area (Å²) in [6.07, 6.45) is 0. The van der Waals surface area contributed by atoms with Crippen molar-refractivity contribution < 1.29 is 9.90 Å². The zero-order chi connectivity index (χ0) is 17.8. The molecule has 0 saturated carbocycles. The second-order valence-corrected chi connectivity index (χ2v) is 6.65. The Balaban J connectivity index is 1.59. The Hall–Kier alpha value is -2.86. The molecule has 0 spiro atoms. The standard InChI is InChI=1S/C19H19N3O2S/c1-12-8-14(9-13(2)17(12)23)10-20-18(24)22-19-21-16(11-25-19)15-6-4-3-5-7-15/h3-9,11,23H,10H2,1-2H3,(H2,20,21,22,24). The highest BCUT2D eigenvalue weighted by molar-refractivity contribution is 7.14. The first kappa shape index (κ1) is 17.0. The first-order chi connectivity index (χ1) is 12.0. The van der Waals surface area contributed by atoms with Crippen molar-refractivity contribution in [3.8, 4) is 17.0 Å². The number of carbonyl (C=O) groups is 1. The number of thiazole rings is 1. The number of aromatic nitrogens is 1. The number of phenols is 1. The summed E-state index contributed by atoms with van der Waals surface area (Å²) in [5, 5.41) is 17.8. The number of anilines is 1. The number of nitrogens with zero attached hydrogens (tertiary/aromatic N) is 1. The Bertz CT molecular complexity index is 868. The fourth-order valence-corrected chi connectivity index (χ4v) is 3.26. The zero-order valence-electron chi connectivity index (χ0n) is 14.0. The summed E-state index contributed by atoms with van der Waals surface area (Å²) in [6, 6.07) is 13.2. The summed E-state index contributed by atoms with van der Waals surface area (Å²) in [5.41, 5.74) is 4.38. The normalized spacial score (nSPS) is 10.5. The summed E-state index contributed by atoms with van der Waals surface area (Å²) in [7, 11) is 0. The van der Waals surface area contributed by atoms with Crippen molar-refractivity contribution in [2.75, 3.05) is 5.32 Å². The minimum Gasteiger partial charge on any atom is -0.507 e. The molecule has 128 valence electrons. The monoisotopic (exact) mass is 353 g/mol. The number of urea groups is 1. The number of aromatic hydroxyl groups is 1. The Kier molecular flexibility index (Phi) is 5.00. The van der Waals surface area contributed by atoms with Gasteiger partial charge in [0.25, 0.3) is 0 Å². The van der Waals surface area contributed by atoms with Crippen LogP contribution < -0.4 is 10.6 Å². The first-order valence-corrected chi connectivity index (χ1v) is 8.76. The number of carbonyl (C=O) groups excluding carboxylic acids is 1. The van der Waals surface area contributed by atoms with Gasteiger partial charge in [-0.2, -0.15) is 0 Å². The van der Waals surface area contributed by atoms with Crippen molar-refractivity contribution in [3.05, 3.63) is 64.5 Å². The predicted octanol–water partition coefficient (Wildman–Crippen LogP) is 4.45. The molecule has 0 aliphatic heterocycles. The Morgan fingerprint density at radius 3 is 2.52 bits per heavy atom. The number of amides is 2. The summed E-state index contributed by atoms with van der Waals surface area (Å²) in [5.74, 6) is 0.296. The zero-order valence-corrected chi connectivity index (χ0v) is 14.9. The third-order valence-electron chi connectivity index (χ3n) is 3.80. The Morgan fingerprint density at radius 1 is 1.16 bits per heavy atom. The molecule has 0 atom stereocenters. The molecule has 0 unspecified atom stereocenters. The lowest BCUT2D eigenvalue weighted by atomic mass is 10.1. The van der Waals surface area contributed by atoms with E-state index in [1.165, 1.54) is 11.3 Å². The molecule has 0 saturated heterocycles. The fourth-order valence-electron chi connectivity index (χ4n) is 2.54. The van der Waals surface area contributed by atoms with Crippen LogP contribution in [0.15, 0.2) is 47.8 Å². The van der Waals surface area contributed by atoms with Crippen LogP contribution in [0.5, 0.6) is 5.75 Å². The predicted molar refractivity (Wildman–Crippen MR) is 101 cm³/mol. The molecule has 1 aromatic heterocycles. The number of rotatable bonds is 4. The SMILES string of the molecule is Cc1cc(CNC(=O)Nc2nc(-c3ccccc3)cs2)cc(C)c1O. The van der Waals surface area contributed by atoms with Crippen LogP contribution in [0.1, 0.15) is 16.7 Å². The third-order valence-corrected chi connectivity index (χ3v) is 4.56. The van der Waals surface area contributed by atoms with E-state index >= 15 is 0 Å². The molecule has 0 aliphatic rings. The van der Waals surface area contributed by atoms with Gasteiger partial charge in [0.2, 0.25) is 0 Å².